The summed E-state index contributed by atoms with van der Waals surface area (Å²) in [6.45, 7) is 5.15. The van der Waals surface area contributed by atoms with Gasteiger partial charge in [0.25, 0.3) is 0 Å². The Hall–Kier alpha value is -4.43. The maximum Gasteiger partial charge on any atom is 0.337 e. The summed E-state index contributed by atoms with van der Waals surface area (Å²) in [6.07, 6.45) is 3.56. The summed E-state index contributed by atoms with van der Waals surface area (Å²) in [6, 6.07) is 20.4. The third-order valence-electron chi connectivity index (χ3n) is 7.93. The van der Waals surface area contributed by atoms with E-state index in [-0.39, 0.29) is 11.7 Å². The minimum absolute atomic E-state index is 0.130. The van der Waals surface area contributed by atoms with Crippen molar-refractivity contribution < 1.29 is 23.9 Å². The van der Waals surface area contributed by atoms with Crippen LogP contribution in [0.4, 0.5) is 5.69 Å². The lowest BCUT2D eigenvalue weighted by molar-refractivity contribution is -0.133. The van der Waals surface area contributed by atoms with Crippen molar-refractivity contribution in [2.24, 2.45) is 0 Å². The van der Waals surface area contributed by atoms with E-state index in [2.05, 4.69) is 22.3 Å². The number of hydrogen-bond acceptors (Lipinski definition) is 7. The molecule has 0 radical (unpaired) electrons. The summed E-state index contributed by atoms with van der Waals surface area (Å²) in [4.78, 5) is 42.4. The van der Waals surface area contributed by atoms with Crippen LogP contribution in [0.1, 0.15) is 58.8 Å². The van der Waals surface area contributed by atoms with Gasteiger partial charge in [0.2, 0.25) is 5.91 Å². The van der Waals surface area contributed by atoms with Crippen LogP contribution in [0.5, 0.6) is 5.75 Å². The number of ketones is 1. The van der Waals surface area contributed by atoms with E-state index in [0.717, 1.165) is 48.3 Å². The summed E-state index contributed by atoms with van der Waals surface area (Å²) in [5.41, 5.74) is 6.03. The molecule has 218 valence electrons. The zero-order valence-electron chi connectivity index (χ0n) is 24.4. The molecule has 0 saturated carbocycles. The third-order valence-corrected chi connectivity index (χ3v) is 7.93. The number of methoxy groups -OCH3 is 2. The molecule has 0 atom stereocenters. The molecule has 1 N–H and O–H groups in total. The number of nitrogens with one attached hydrogen (secondary N) is 1. The summed E-state index contributed by atoms with van der Waals surface area (Å²) in [5, 5.41) is 3.52. The minimum atomic E-state index is -0.440. The zero-order chi connectivity index (χ0) is 29.6. The molecule has 0 aromatic heterocycles. The number of Topliss-reactive ketones (excluding diaryl/α,β-unsaturated/α-hetero) is 1. The lowest BCUT2D eigenvalue weighted by Gasteiger charge is -2.27. The molecular formula is C34H37N3O5. The number of likely N-dealkylation sites (tertiary alicyclic amines) is 1. The second-order valence-corrected chi connectivity index (χ2v) is 10.8. The summed E-state index contributed by atoms with van der Waals surface area (Å²) >= 11 is 0. The highest BCUT2D eigenvalue weighted by Gasteiger charge is 2.26. The third kappa shape index (κ3) is 6.55. The topological polar surface area (TPSA) is 88.2 Å². The molecule has 8 heteroatoms. The van der Waals surface area contributed by atoms with Crippen molar-refractivity contribution in [3.63, 3.8) is 0 Å². The van der Waals surface area contributed by atoms with E-state index in [0.29, 0.717) is 47.8 Å². The fraction of sp³-hybridized carbons (Fsp3) is 0.324. The number of esters is 1. The largest absolute Gasteiger partial charge is 0.497 e. The fourth-order valence-corrected chi connectivity index (χ4v) is 5.65. The summed E-state index contributed by atoms with van der Waals surface area (Å²) < 4.78 is 10.2. The van der Waals surface area contributed by atoms with Crippen molar-refractivity contribution in [2.45, 2.75) is 39.3 Å². The lowest BCUT2D eigenvalue weighted by atomic mass is 9.95. The van der Waals surface area contributed by atoms with E-state index >= 15 is 0 Å². The Morgan fingerprint density at radius 2 is 1.43 bits per heavy atom. The molecule has 1 saturated heterocycles. The number of benzene rings is 3. The monoisotopic (exact) mass is 567 g/mol. The molecule has 0 unspecified atom stereocenters. The summed E-state index contributed by atoms with van der Waals surface area (Å²) in [7, 11) is 2.95. The predicted octanol–water partition coefficient (Wildman–Crippen LogP) is 5.38. The number of hydrogen-bond donors (Lipinski definition) is 1. The average molecular weight is 568 g/mol. The van der Waals surface area contributed by atoms with Crippen LogP contribution in [0, 0.1) is 0 Å². The quantitative estimate of drug-likeness (QED) is 0.211. The Kier molecular flexibility index (Phi) is 9.03. The fourth-order valence-electron chi connectivity index (χ4n) is 5.65. The molecule has 0 aliphatic carbocycles. The van der Waals surface area contributed by atoms with Crippen LogP contribution in [-0.4, -0.2) is 61.3 Å². The highest BCUT2D eigenvalue weighted by Crippen LogP contribution is 2.33. The average Bonchev–Trinajstić information content (AvgIpc) is 3.45. The van der Waals surface area contributed by atoms with Crippen LogP contribution in [0.15, 0.2) is 66.7 Å². The smallest absolute Gasteiger partial charge is 0.337 e. The molecule has 5 rings (SSSR count). The number of carbonyl (C=O) groups is 3. The number of rotatable bonds is 9. The van der Waals surface area contributed by atoms with Gasteiger partial charge >= 0.3 is 5.97 Å². The number of anilines is 1. The number of amides is 1. The van der Waals surface area contributed by atoms with Crippen LogP contribution < -0.4 is 10.1 Å². The Labute approximate surface area is 246 Å². The molecule has 1 fully saturated rings. The van der Waals surface area contributed by atoms with Gasteiger partial charge in [-0.05, 0) is 104 Å². The van der Waals surface area contributed by atoms with Gasteiger partial charge in [0.15, 0.2) is 5.78 Å². The van der Waals surface area contributed by atoms with Gasteiger partial charge in [-0.3, -0.25) is 14.5 Å². The molecule has 3 aromatic rings. The van der Waals surface area contributed by atoms with Crippen LogP contribution in [0.3, 0.4) is 0 Å². The number of nitrogens with zero attached hydrogens (tertiary/aromatic N) is 2. The highest BCUT2D eigenvalue weighted by molar-refractivity contribution is 6.28. The first-order valence-corrected chi connectivity index (χ1v) is 14.3. The van der Waals surface area contributed by atoms with Gasteiger partial charge in [-0.15, -0.1) is 0 Å². The van der Waals surface area contributed by atoms with E-state index in [4.69, 9.17) is 9.47 Å². The number of piperidine rings is 1. The second kappa shape index (κ2) is 13.0. The van der Waals surface area contributed by atoms with Gasteiger partial charge in [0.05, 0.1) is 32.0 Å². The number of ether oxygens (including phenoxy) is 2. The van der Waals surface area contributed by atoms with E-state index in [1.165, 1.54) is 20.5 Å². The van der Waals surface area contributed by atoms with Gasteiger partial charge in [-0.1, -0.05) is 24.6 Å². The number of allylic oxidation sites excluding steroid dienone is 1. The molecular weight excluding hydrogens is 530 g/mol. The Morgan fingerprint density at radius 1 is 0.786 bits per heavy atom. The van der Waals surface area contributed by atoms with E-state index in [9.17, 15) is 14.4 Å². The maximum atomic E-state index is 13.2. The first-order chi connectivity index (χ1) is 20.4. The van der Waals surface area contributed by atoms with Crippen molar-refractivity contribution >= 4 is 34.6 Å². The van der Waals surface area contributed by atoms with Crippen LogP contribution >= 0.6 is 0 Å². The highest BCUT2D eigenvalue weighted by atomic mass is 16.5. The molecule has 0 spiro atoms. The first-order valence-electron chi connectivity index (χ1n) is 14.3. The molecule has 42 heavy (non-hydrogen) atoms. The van der Waals surface area contributed by atoms with Crippen molar-refractivity contribution in [3.05, 3.63) is 94.5 Å². The normalized spacial score (nSPS) is 15.5. The molecule has 2 aliphatic heterocycles. The van der Waals surface area contributed by atoms with Crippen LogP contribution in [0.2, 0.25) is 0 Å². The number of carbonyl (C=O) groups excluding carboxylic acids is 3. The van der Waals surface area contributed by atoms with Gasteiger partial charge in [-0.2, -0.15) is 0 Å². The molecule has 3 aromatic carbocycles. The Morgan fingerprint density at radius 3 is 2.07 bits per heavy atom. The molecule has 1 amide bonds. The van der Waals surface area contributed by atoms with Crippen molar-refractivity contribution in [1.29, 1.82) is 0 Å². The predicted molar refractivity (Wildman–Crippen MR) is 163 cm³/mol. The molecule has 2 aliphatic rings. The van der Waals surface area contributed by atoms with E-state index < -0.39 is 5.97 Å². The lowest BCUT2D eigenvalue weighted by Crippen LogP contribution is -2.40. The Bertz CT molecular complexity index is 1490. The van der Waals surface area contributed by atoms with Gasteiger partial charge in [0, 0.05) is 24.4 Å². The van der Waals surface area contributed by atoms with Gasteiger partial charge in [0.1, 0.15) is 5.75 Å². The summed E-state index contributed by atoms with van der Waals surface area (Å²) in [5.74, 6) is 0.298. The standard InChI is InChI=1S/C34H37N3O5/c1-23(38)32(24-7-9-26(10-8-24)34(40)42-3)33(25-12-15-30(41-2)16-13-25)35-29-14-11-27-20-37(21-28(27)19-29)31(39)22-36-17-5-4-6-18-36/h7-16,19,35H,4-6,17-18,20-22H2,1-3H3/b33-32+. The maximum absolute atomic E-state index is 13.2. The molecule has 2 heterocycles. The molecule has 0 bridgehead atoms. The second-order valence-electron chi connectivity index (χ2n) is 10.8. The van der Waals surface area contributed by atoms with Crippen LogP contribution in [0.25, 0.3) is 11.3 Å². The van der Waals surface area contributed by atoms with Gasteiger partial charge < -0.3 is 19.7 Å². The van der Waals surface area contributed by atoms with E-state index in [1.807, 2.05) is 35.2 Å². The van der Waals surface area contributed by atoms with Crippen molar-refractivity contribution in [3.8, 4) is 5.75 Å². The number of fused-ring (bicyclic) bond motifs is 1. The van der Waals surface area contributed by atoms with Crippen LogP contribution in [-0.2, 0) is 27.4 Å². The first kappa shape index (κ1) is 29.1. The molecule has 8 nitrogen and oxygen atoms in total. The Balaban J connectivity index is 1.45. The van der Waals surface area contributed by atoms with E-state index in [1.54, 1.807) is 31.4 Å². The van der Waals surface area contributed by atoms with Crippen molar-refractivity contribution in [2.75, 3.05) is 39.2 Å². The SMILES string of the molecule is COC(=O)c1ccc(/C(C(C)=O)=C(/Nc2ccc3c(c2)CN(C(=O)CN2CCCCC2)C3)c2ccc(OC)cc2)cc1. The minimum Gasteiger partial charge on any atom is -0.497 e. The van der Waals surface area contributed by atoms with Crippen molar-refractivity contribution in [1.82, 2.24) is 9.80 Å². The zero-order valence-corrected chi connectivity index (χ0v) is 24.4. The van der Waals surface area contributed by atoms with Gasteiger partial charge in [-0.25, -0.2) is 4.79 Å².